The van der Waals surface area contributed by atoms with Crippen LogP contribution in [0.25, 0.3) is 11.1 Å². The highest BCUT2D eigenvalue weighted by atomic mass is 16.5. The molecule has 7 heteroatoms. The molecule has 0 saturated carbocycles. The smallest absolute Gasteiger partial charge is 0.336 e. The number of aryl methyl sites for hydroxylation is 1. The summed E-state index contributed by atoms with van der Waals surface area (Å²) >= 11 is 0. The van der Waals surface area contributed by atoms with Crippen molar-refractivity contribution in [2.75, 3.05) is 17.7 Å². The van der Waals surface area contributed by atoms with E-state index in [2.05, 4.69) is 31.4 Å². The molecule has 0 atom stereocenters. The maximum Gasteiger partial charge on any atom is 0.336 e. The average molecular weight is 525 g/mol. The minimum Gasteiger partial charge on any atom is -0.497 e. The van der Waals surface area contributed by atoms with E-state index in [1.807, 2.05) is 55.5 Å². The van der Waals surface area contributed by atoms with Gasteiger partial charge in [0, 0.05) is 11.3 Å². The second-order valence-electron chi connectivity index (χ2n) is 10.2. The van der Waals surface area contributed by atoms with Crippen molar-refractivity contribution >= 4 is 23.4 Å². The molecule has 0 bridgehead atoms. The van der Waals surface area contributed by atoms with Gasteiger partial charge in [0.1, 0.15) is 11.5 Å². The number of amides is 2. The van der Waals surface area contributed by atoms with Crippen LogP contribution in [0.1, 0.15) is 42.3 Å². The van der Waals surface area contributed by atoms with Crippen molar-refractivity contribution < 1.29 is 24.2 Å². The van der Waals surface area contributed by atoms with Gasteiger partial charge in [-0.05, 0) is 72.0 Å². The Bertz CT molecular complexity index is 1500. The molecule has 0 saturated heterocycles. The number of rotatable bonds is 7. The van der Waals surface area contributed by atoms with Crippen molar-refractivity contribution in [3.8, 4) is 28.4 Å². The largest absolute Gasteiger partial charge is 0.497 e. The van der Waals surface area contributed by atoms with E-state index in [1.54, 1.807) is 30.3 Å². The van der Waals surface area contributed by atoms with E-state index in [1.165, 1.54) is 13.2 Å². The Kier molecular flexibility index (Phi) is 7.91. The highest BCUT2D eigenvalue weighted by Crippen LogP contribution is 2.39. The number of nitrogens with one attached hydrogen (secondary N) is 2. The zero-order chi connectivity index (χ0) is 28.2. The molecular weight excluding hydrogens is 492 g/mol. The number of carbonyl (C=O) groups is 2. The van der Waals surface area contributed by atoms with Gasteiger partial charge in [-0.15, -0.1) is 0 Å². The fraction of sp³-hybridized carbons (Fsp3) is 0.188. The molecule has 0 aromatic heterocycles. The topological polar surface area (TPSA) is 96.9 Å². The van der Waals surface area contributed by atoms with Gasteiger partial charge in [-0.25, -0.2) is 9.59 Å². The van der Waals surface area contributed by atoms with Crippen LogP contribution in [0.2, 0.25) is 0 Å². The number of para-hydroxylation sites is 1. The highest BCUT2D eigenvalue weighted by Gasteiger charge is 2.21. The first-order valence-corrected chi connectivity index (χ1v) is 12.5. The summed E-state index contributed by atoms with van der Waals surface area (Å²) < 4.78 is 11.6. The molecule has 0 radical (unpaired) electrons. The predicted octanol–water partition coefficient (Wildman–Crippen LogP) is 8.10. The lowest BCUT2D eigenvalue weighted by Gasteiger charge is -2.23. The van der Waals surface area contributed by atoms with Crippen molar-refractivity contribution in [2.24, 2.45) is 0 Å². The minimum atomic E-state index is -1.09. The first-order chi connectivity index (χ1) is 18.5. The highest BCUT2D eigenvalue weighted by molar-refractivity contribution is 6.02. The third kappa shape index (κ3) is 6.57. The summed E-state index contributed by atoms with van der Waals surface area (Å²) in [4.78, 5) is 25.0. The summed E-state index contributed by atoms with van der Waals surface area (Å²) in [5.74, 6) is 0.427. The Morgan fingerprint density at radius 3 is 2.21 bits per heavy atom. The number of benzene rings is 4. The number of hydrogen-bond donors (Lipinski definition) is 3. The SMILES string of the molecule is COc1ccc(-c2ccc(Oc3ccccc3C(C)(C)C)c(NC(=O)Nc3ccc(C)cc3)c2)c(C(=O)O)c1. The van der Waals surface area contributed by atoms with Crippen LogP contribution >= 0.6 is 0 Å². The zero-order valence-electron chi connectivity index (χ0n) is 22.7. The Hall–Kier alpha value is -4.78. The summed E-state index contributed by atoms with van der Waals surface area (Å²) in [6, 6.07) is 24.8. The van der Waals surface area contributed by atoms with Crippen LogP contribution in [-0.4, -0.2) is 24.2 Å². The standard InChI is InChI=1S/C32H32N2O5/c1-20-10-13-22(14-11-20)33-31(37)34-27-18-21(24-16-15-23(38-5)19-25(24)30(35)36)12-17-29(27)39-28-9-7-6-8-26(28)32(2,3)4/h6-19H,1-5H3,(H,35,36)(H2,33,34,37). The lowest BCUT2D eigenvalue weighted by molar-refractivity contribution is 0.0697. The fourth-order valence-electron chi connectivity index (χ4n) is 4.18. The van der Waals surface area contributed by atoms with E-state index in [4.69, 9.17) is 9.47 Å². The molecule has 4 aromatic carbocycles. The number of hydrogen-bond acceptors (Lipinski definition) is 4. The van der Waals surface area contributed by atoms with E-state index in [0.717, 1.165) is 11.1 Å². The number of carbonyl (C=O) groups excluding carboxylic acids is 1. The summed E-state index contributed by atoms with van der Waals surface area (Å²) in [7, 11) is 1.48. The summed E-state index contributed by atoms with van der Waals surface area (Å²) in [5, 5.41) is 15.6. The van der Waals surface area contributed by atoms with Crippen LogP contribution in [0.3, 0.4) is 0 Å². The fourth-order valence-corrected chi connectivity index (χ4v) is 4.18. The molecular formula is C32H32N2O5. The van der Waals surface area contributed by atoms with E-state index in [9.17, 15) is 14.7 Å². The van der Waals surface area contributed by atoms with Crippen LogP contribution < -0.4 is 20.1 Å². The number of anilines is 2. The van der Waals surface area contributed by atoms with Gasteiger partial charge in [-0.3, -0.25) is 0 Å². The van der Waals surface area contributed by atoms with Gasteiger partial charge in [0.2, 0.25) is 0 Å². The summed E-state index contributed by atoms with van der Waals surface area (Å²) in [6.45, 7) is 8.27. The monoisotopic (exact) mass is 524 g/mol. The Morgan fingerprint density at radius 2 is 1.54 bits per heavy atom. The number of aromatic carboxylic acids is 1. The van der Waals surface area contributed by atoms with E-state index in [0.29, 0.717) is 39.8 Å². The van der Waals surface area contributed by atoms with E-state index < -0.39 is 12.0 Å². The number of urea groups is 1. The lowest BCUT2D eigenvalue weighted by Crippen LogP contribution is -2.20. The first kappa shape index (κ1) is 27.3. The van der Waals surface area contributed by atoms with Crippen molar-refractivity contribution in [3.63, 3.8) is 0 Å². The Labute approximate surface area is 228 Å². The second kappa shape index (κ2) is 11.3. The third-order valence-electron chi connectivity index (χ3n) is 6.22. The number of carboxylic acids is 1. The van der Waals surface area contributed by atoms with Crippen molar-refractivity contribution in [3.05, 3.63) is 102 Å². The molecule has 4 aromatic rings. The molecule has 7 nitrogen and oxygen atoms in total. The van der Waals surface area contributed by atoms with Crippen LogP contribution in [-0.2, 0) is 5.41 Å². The van der Waals surface area contributed by atoms with Crippen LogP contribution in [0.4, 0.5) is 16.2 Å². The van der Waals surface area contributed by atoms with Crippen LogP contribution in [0, 0.1) is 6.92 Å². The third-order valence-corrected chi connectivity index (χ3v) is 6.22. The predicted molar refractivity (Wildman–Crippen MR) is 154 cm³/mol. The Morgan fingerprint density at radius 1 is 0.821 bits per heavy atom. The number of methoxy groups -OCH3 is 1. The molecule has 0 aliphatic heterocycles. The van der Waals surface area contributed by atoms with Crippen molar-refractivity contribution in [1.82, 2.24) is 0 Å². The molecule has 0 unspecified atom stereocenters. The molecule has 3 N–H and O–H groups in total. The van der Waals surface area contributed by atoms with Gasteiger partial charge in [0.05, 0.1) is 18.4 Å². The van der Waals surface area contributed by atoms with Gasteiger partial charge in [0.25, 0.3) is 0 Å². The average Bonchev–Trinajstić information content (AvgIpc) is 2.90. The molecule has 4 rings (SSSR count). The maximum absolute atomic E-state index is 13.0. The lowest BCUT2D eigenvalue weighted by atomic mass is 9.86. The van der Waals surface area contributed by atoms with Crippen LogP contribution in [0.5, 0.6) is 17.2 Å². The molecule has 0 aliphatic carbocycles. The molecule has 0 heterocycles. The molecule has 200 valence electrons. The van der Waals surface area contributed by atoms with Crippen LogP contribution in [0.15, 0.2) is 84.9 Å². The van der Waals surface area contributed by atoms with Crippen molar-refractivity contribution in [1.29, 1.82) is 0 Å². The molecule has 0 aliphatic rings. The zero-order valence-corrected chi connectivity index (χ0v) is 22.7. The van der Waals surface area contributed by atoms with E-state index >= 15 is 0 Å². The van der Waals surface area contributed by atoms with Gasteiger partial charge in [-0.1, -0.05) is 62.7 Å². The molecule has 0 spiro atoms. The minimum absolute atomic E-state index is 0.0798. The Balaban J connectivity index is 1.76. The first-order valence-electron chi connectivity index (χ1n) is 12.5. The summed E-state index contributed by atoms with van der Waals surface area (Å²) in [6.07, 6.45) is 0. The second-order valence-corrected chi connectivity index (χ2v) is 10.2. The van der Waals surface area contributed by atoms with Crippen molar-refractivity contribution in [2.45, 2.75) is 33.1 Å². The quantitative estimate of drug-likeness (QED) is 0.227. The number of carboxylic acid groups (broad SMARTS) is 1. The number of ether oxygens (including phenoxy) is 2. The molecule has 39 heavy (non-hydrogen) atoms. The van der Waals surface area contributed by atoms with Gasteiger partial charge >= 0.3 is 12.0 Å². The molecule has 0 fully saturated rings. The van der Waals surface area contributed by atoms with E-state index in [-0.39, 0.29) is 11.0 Å². The van der Waals surface area contributed by atoms with Gasteiger partial charge in [-0.2, -0.15) is 0 Å². The summed E-state index contributed by atoms with van der Waals surface area (Å²) in [5.41, 5.74) is 4.08. The van der Waals surface area contributed by atoms with Gasteiger partial charge in [0.15, 0.2) is 5.75 Å². The maximum atomic E-state index is 13.0. The normalized spacial score (nSPS) is 11.0. The van der Waals surface area contributed by atoms with Gasteiger partial charge < -0.3 is 25.2 Å². The molecule has 2 amide bonds.